The Morgan fingerprint density at radius 1 is 1.25 bits per heavy atom. The van der Waals surface area contributed by atoms with Gasteiger partial charge in [0.15, 0.2) is 0 Å². The summed E-state index contributed by atoms with van der Waals surface area (Å²) in [4.78, 5) is 2.54. The highest BCUT2D eigenvalue weighted by Crippen LogP contribution is 2.27. The van der Waals surface area contributed by atoms with Gasteiger partial charge in [-0.3, -0.25) is 0 Å². The zero-order chi connectivity index (χ0) is 11.5. The van der Waals surface area contributed by atoms with E-state index in [0.29, 0.717) is 6.04 Å². The molecule has 0 spiro atoms. The number of halogens is 1. The first-order chi connectivity index (χ1) is 7.70. The highest BCUT2D eigenvalue weighted by atomic mass is 79.9. The zero-order valence-electron chi connectivity index (χ0n) is 10.1. The summed E-state index contributed by atoms with van der Waals surface area (Å²) in [5, 5.41) is 0.944. The molecular weight excluding hydrogens is 262 g/mol. The molecule has 0 aliphatic carbocycles. The summed E-state index contributed by atoms with van der Waals surface area (Å²) in [5.74, 6) is 0.882. The van der Waals surface area contributed by atoms with Crippen molar-refractivity contribution in [3.63, 3.8) is 0 Å². The number of anilines is 1. The molecule has 0 amide bonds. The Balaban J connectivity index is 2.11. The van der Waals surface area contributed by atoms with E-state index in [4.69, 9.17) is 0 Å². The number of piperidine rings is 1. The molecule has 1 heterocycles. The predicted molar refractivity (Wildman–Crippen MR) is 74.3 cm³/mol. The van der Waals surface area contributed by atoms with Gasteiger partial charge in [0.25, 0.3) is 0 Å². The maximum Gasteiger partial charge on any atom is 0.0368 e. The molecule has 0 radical (unpaired) electrons. The van der Waals surface area contributed by atoms with Gasteiger partial charge in [-0.2, -0.15) is 0 Å². The number of nitrogens with zero attached hydrogens (tertiary/aromatic N) is 1. The van der Waals surface area contributed by atoms with Gasteiger partial charge in [-0.15, -0.1) is 0 Å². The van der Waals surface area contributed by atoms with E-state index in [0.717, 1.165) is 11.2 Å². The fraction of sp³-hybridized carbons (Fsp3) is 0.571. The molecule has 1 aromatic carbocycles. The Hall–Kier alpha value is -0.500. The average molecular weight is 282 g/mol. The van der Waals surface area contributed by atoms with Gasteiger partial charge in [-0.25, -0.2) is 0 Å². The lowest BCUT2D eigenvalue weighted by Crippen LogP contribution is -2.40. The van der Waals surface area contributed by atoms with E-state index < -0.39 is 0 Å². The number of alkyl halides is 1. The van der Waals surface area contributed by atoms with Crippen LogP contribution in [0.1, 0.15) is 32.3 Å². The van der Waals surface area contributed by atoms with Crippen LogP contribution in [-0.2, 0) is 5.33 Å². The van der Waals surface area contributed by atoms with Crippen molar-refractivity contribution in [1.29, 1.82) is 0 Å². The van der Waals surface area contributed by atoms with Crippen LogP contribution < -0.4 is 4.90 Å². The van der Waals surface area contributed by atoms with Gasteiger partial charge in [-0.1, -0.05) is 35.0 Å². The summed E-state index contributed by atoms with van der Waals surface area (Å²) in [6, 6.07) is 9.62. The Bertz CT molecular complexity index is 333. The Morgan fingerprint density at radius 2 is 1.94 bits per heavy atom. The van der Waals surface area contributed by atoms with E-state index in [1.165, 1.54) is 30.6 Å². The maximum absolute atomic E-state index is 3.48. The SMILES string of the molecule is CC1CCN(c2ccc(CBr)cc2)C(C)C1. The van der Waals surface area contributed by atoms with Gasteiger partial charge in [0, 0.05) is 23.6 Å². The minimum atomic E-state index is 0.679. The summed E-state index contributed by atoms with van der Waals surface area (Å²) < 4.78 is 0. The quantitative estimate of drug-likeness (QED) is 0.735. The standard InChI is InChI=1S/C14H20BrN/c1-11-7-8-16(12(2)9-11)14-5-3-13(10-15)4-6-14/h3-6,11-12H,7-10H2,1-2H3. The van der Waals surface area contributed by atoms with Crippen molar-refractivity contribution in [3.8, 4) is 0 Å². The van der Waals surface area contributed by atoms with E-state index in [9.17, 15) is 0 Å². The molecule has 2 unspecified atom stereocenters. The van der Waals surface area contributed by atoms with E-state index >= 15 is 0 Å². The number of hydrogen-bond donors (Lipinski definition) is 0. The molecule has 88 valence electrons. The van der Waals surface area contributed by atoms with Gasteiger partial charge < -0.3 is 4.90 Å². The second-order valence-corrected chi connectivity index (χ2v) is 5.53. The second-order valence-electron chi connectivity index (χ2n) is 4.97. The topological polar surface area (TPSA) is 3.24 Å². The average Bonchev–Trinajstić information content (AvgIpc) is 2.29. The van der Waals surface area contributed by atoms with Crippen LogP contribution in [0.3, 0.4) is 0 Å². The number of benzene rings is 1. The molecule has 1 fully saturated rings. The van der Waals surface area contributed by atoms with Crippen molar-refractivity contribution in [1.82, 2.24) is 0 Å². The first-order valence-electron chi connectivity index (χ1n) is 6.12. The van der Waals surface area contributed by atoms with E-state index in [1.807, 2.05) is 0 Å². The fourth-order valence-corrected chi connectivity index (χ4v) is 2.94. The van der Waals surface area contributed by atoms with Crippen LogP contribution >= 0.6 is 15.9 Å². The van der Waals surface area contributed by atoms with Crippen molar-refractivity contribution >= 4 is 21.6 Å². The number of hydrogen-bond acceptors (Lipinski definition) is 1. The van der Waals surface area contributed by atoms with Crippen molar-refractivity contribution in [2.24, 2.45) is 5.92 Å². The number of rotatable bonds is 2. The van der Waals surface area contributed by atoms with Gasteiger partial charge in [0.2, 0.25) is 0 Å². The molecule has 1 aromatic rings. The molecule has 2 atom stereocenters. The van der Waals surface area contributed by atoms with Crippen LogP contribution in [0.4, 0.5) is 5.69 Å². The minimum absolute atomic E-state index is 0.679. The molecule has 1 aliphatic heterocycles. The molecule has 16 heavy (non-hydrogen) atoms. The van der Waals surface area contributed by atoms with Crippen LogP contribution in [-0.4, -0.2) is 12.6 Å². The molecular formula is C14H20BrN. The second kappa shape index (κ2) is 5.22. The summed E-state index contributed by atoms with van der Waals surface area (Å²) >= 11 is 3.48. The predicted octanol–water partition coefficient (Wildman–Crippen LogP) is 4.21. The maximum atomic E-state index is 3.48. The zero-order valence-corrected chi connectivity index (χ0v) is 11.7. The van der Waals surface area contributed by atoms with Crippen molar-refractivity contribution in [2.45, 2.75) is 38.1 Å². The van der Waals surface area contributed by atoms with Crippen LogP contribution in [0.15, 0.2) is 24.3 Å². The molecule has 0 aromatic heterocycles. The lowest BCUT2D eigenvalue weighted by Gasteiger charge is -2.38. The van der Waals surface area contributed by atoms with E-state index in [1.54, 1.807) is 0 Å². The van der Waals surface area contributed by atoms with Crippen molar-refractivity contribution < 1.29 is 0 Å². The van der Waals surface area contributed by atoms with Crippen molar-refractivity contribution in [2.75, 3.05) is 11.4 Å². The van der Waals surface area contributed by atoms with Crippen LogP contribution in [0, 0.1) is 5.92 Å². The summed E-state index contributed by atoms with van der Waals surface area (Å²) in [7, 11) is 0. The summed E-state index contributed by atoms with van der Waals surface area (Å²) in [6.07, 6.45) is 2.64. The molecule has 0 N–H and O–H groups in total. The largest absolute Gasteiger partial charge is 0.369 e. The first kappa shape index (κ1) is 12.0. The van der Waals surface area contributed by atoms with Crippen LogP contribution in [0.2, 0.25) is 0 Å². The smallest absolute Gasteiger partial charge is 0.0368 e. The molecule has 1 saturated heterocycles. The summed E-state index contributed by atoms with van der Waals surface area (Å²) in [5.41, 5.74) is 2.73. The van der Waals surface area contributed by atoms with Gasteiger partial charge in [0.05, 0.1) is 0 Å². The van der Waals surface area contributed by atoms with Crippen LogP contribution in [0.25, 0.3) is 0 Å². The normalized spacial score (nSPS) is 25.8. The molecule has 2 rings (SSSR count). The third-order valence-electron chi connectivity index (χ3n) is 3.56. The van der Waals surface area contributed by atoms with Gasteiger partial charge in [-0.05, 0) is 43.4 Å². The summed E-state index contributed by atoms with van der Waals surface area (Å²) in [6.45, 7) is 5.91. The molecule has 1 nitrogen and oxygen atoms in total. The lowest BCUT2D eigenvalue weighted by molar-refractivity contribution is 0.378. The highest BCUT2D eigenvalue weighted by Gasteiger charge is 2.22. The van der Waals surface area contributed by atoms with Crippen molar-refractivity contribution in [3.05, 3.63) is 29.8 Å². The molecule has 0 saturated carbocycles. The Labute approximate surface area is 107 Å². The molecule has 0 bridgehead atoms. The minimum Gasteiger partial charge on any atom is -0.369 e. The van der Waals surface area contributed by atoms with Gasteiger partial charge >= 0.3 is 0 Å². The first-order valence-corrected chi connectivity index (χ1v) is 7.24. The Morgan fingerprint density at radius 3 is 2.50 bits per heavy atom. The van der Waals surface area contributed by atoms with E-state index in [2.05, 4.69) is 58.9 Å². The monoisotopic (exact) mass is 281 g/mol. The van der Waals surface area contributed by atoms with Gasteiger partial charge in [0.1, 0.15) is 0 Å². The third-order valence-corrected chi connectivity index (χ3v) is 4.21. The fourth-order valence-electron chi connectivity index (χ4n) is 2.57. The molecule has 2 heteroatoms. The van der Waals surface area contributed by atoms with E-state index in [-0.39, 0.29) is 0 Å². The highest BCUT2D eigenvalue weighted by molar-refractivity contribution is 9.08. The Kier molecular flexibility index (Phi) is 3.91. The van der Waals surface area contributed by atoms with Crippen LogP contribution in [0.5, 0.6) is 0 Å². The lowest BCUT2D eigenvalue weighted by atomic mass is 9.93. The third kappa shape index (κ3) is 2.60. The molecule has 1 aliphatic rings.